The molecule has 0 aromatic heterocycles. The second-order valence-corrected chi connectivity index (χ2v) is 8.28. The molecular weight excluding hydrogens is 364 g/mol. The van der Waals surface area contributed by atoms with Gasteiger partial charge in [-0.3, -0.25) is 9.59 Å². The number of hydrogen-bond acceptors (Lipinski definition) is 6. The summed E-state index contributed by atoms with van der Waals surface area (Å²) >= 11 is 1.72. The molecule has 0 radical (unpaired) electrons. The molecule has 0 N–H and O–H groups in total. The molecule has 27 heavy (non-hydrogen) atoms. The van der Waals surface area contributed by atoms with E-state index in [2.05, 4.69) is 0 Å². The Labute approximate surface area is 164 Å². The molecule has 1 aromatic rings. The minimum absolute atomic E-state index is 0.144. The second kappa shape index (κ2) is 8.91. The summed E-state index contributed by atoms with van der Waals surface area (Å²) in [5.74, 6) is 0.277. The minimum Gasteiger partial charge on any atom is -0.463 e. The average Bonchev–Trinajstić information content (AvgIpc) is 2.82. The van der Waals surface area contributed by atoms with Crippen LogP contribution in [0.3, 0.4) is 0 Å². The van der Waals surface area contributed by atoms with Crippen LogP contribution in [0.5, 0.6) is 0 Å². The van der Waals surface area contributed by atoms with Gasteiger partial charge in [-0.2, -0.15) is 0 Å². The van der Waals surface area contributed by atoms with E-state index in [1.807, 2.05) is 18.2 Å². The van der Waals surface area contributed by atoms with Gasteiger partial charge in [-0.05, 0) is 50.3 Å². The third-order valence-corrected chi connectivity index (χ3v) is 6.70. The van der Waals surface area contributed by atoms with E-state index < -0.39 is 17.9 Å². The molecule has 1 unspecified atom stereocenters. The van der Waals surface area contributed by atoms with Crippen molar-refractivity contribution in [2.45, 2.75) is 50.3 Å². The maximum Gasteiger partial charge on any atom is 0.344 e. The zero-order chi connectivity index (χ0) is 19.4. The van der Waals surface area contributed by atoms with Crippen LogP contribution in [0.15, 0.2) is 23.1 Å². The highest BCUT2D eigenvalue weighted by Crippen LogP contribution is 2.42. The first kappa shape index (κ1) is 19.9. The van der Waals surface area contributed by atoms with Crippen LogP contribution < -0.4 is 0 Å². The molecule has 1 aliphatic carbocycles. The number of hydrogen-bond donors (Lipinski definition) is 0. The van der Waals surface area contributed by atoms with E-state index >= 15 is 0 Å². The molecule has 0 amide bonds. The first-order valence-electron chi connectivity index (χ1n) is 9.64. The maximum atomic E-state index is 13.0. The Hall–Kier alpha value is -1.82. The van der Waals surface area contributed by atoms with Gasteiger partial charge in [-0.1, -0.05) is 18.9 Å². The Bertz CT molecular complexity index is 729. The summed E-state index contributed by atoms with van der Waals surface area (Å²) in [4.78, 5) is 37.5. The van der Waals surface area contributed by atoms with Crippen molar-refractivity contribution in [2.24, 2.45) is 11.8 Å². The zero-order valence-corrected chi connectivity index (χ0v) is 16.7. The van der Waals surface area contributed by atoms with Crippen molar-refractivity contribution >= 4 is 29.5 Å². The number of carbonyl (C=O) groups is 3. The standard InChI is InChI=1S/C21H26O5S/c1-3-25-19(22)11-26-21(24)13(2)14-8-9-17-18(10-14)27-12-15-6-4-5-7-16(15)20(17)23/h8-10,13,15-16H,3-7,11-12H2,1-2H3/t13?,15-,16+/m1/s1. The van der Waals surface area contributed by atoms with E-state index in [1.165, 1.54) is 6.42 Å². The number of ketones is 1. The van der Waals surface area contributed by atoms with Gasteiger partial charge < -0.3 is 9.47 Å². The monoisotopic (exact) mass is 390 g/mol. The van der Waals surface area contributed by atoms with Crippen molar-refractivity contribution < 1.29 is 23.9 Å². The number of rotatable bonds is 5. The molecule has 0 saturated heterocycles. The normalized spacial score (nSPS) is 22.8. The fraction of sp³-hybridized carbons (Fsp3) is 0.571. The van der Waals surface area contributed by atoms with Crippen LogP contribution in [0, 0.1) is 11.8 Å². The van der Waals surface area contributed by atoms with Crippen LogP contribution in [0.2, 0.25) is 0 Å². The Balaban J connectivity index is 1.72. The Morgan fingerprint density at radius 3 is 2.78 bits per heavy atom. The molecule has 0 spiro atoms. The summed E-state index contributed by atoms with van der Waals surface area (Å²) in [6.07, 6.45) is 4.46. The van der Waals surface area contributed by atoms with Gasteiger partial charge in [0, 0.05) is 22.1 Å². The lowest BCUT2D eigenvalue weighted by atomic mass is 9.76. The van der Waals surface area contributed by atoms with Gasteiger partial charge in [-0.15, -0.1) is 11.8 Å². The lowest BCUT2D eigenvalue weighted by Crippen LogP contribution is -2.27. The first-order chi connectivity index (χ1) is 13.0. The van der Waals surface area contributed by atoms with Crippen LogP contribution in [-0.4, -0.2) is 36.7 Å². The number of benzene rings is 1. The predicted molar refractivity (Wildman–Crippen MR) is 103 cm³/mol. The van der Waals surface area contributed by atoms with Crippen LogP contribution >= 0.6 is 11.8 Å². The predicted octanol–water partition coefficient (Wildman–Crippen LogP) is 3.99. The van der Waals surface area contributed by atoms with Crippen LogP contribution in [-0.2, 0) is 19.1 Å². The average molecular weight is 391 g/mol. The lowest BCUT2D eigenvalue weighted by Gasteiger charge is -2.28. The van der Waals surface area contributed by atoms with Crippen LogP contribution in [0.4, 0.5) is 0 Å². The molecular formula is C21H26O5S. The molecule has 1 fully saturated rings. The van der Waals surface area contributed by atoms with E-state index in [0.717, 1.165) is 41.0 Å². The van der Waals surface area contributed by atoms with Gasteiger partial charge >= 0.3 is 11.9 Å². The largest absolute Gasteiger partial charge is 0.463 e. The van der Waals surface area contributed by atoms with Crippen molar-refractivity contribution in [3.05, 3.63) is 29.3 Å². The van der Waals surface area contributed by atoms with E-state index in [9.17, 15) is 14.4 Å². The van der Waals surface area contributed by atoms with Crippen molar-refractivity contribution in [1.82, 2.24) is 0 Å². The Kier molecular flexibility index (Phi) is 6.58. The van der Waals surface area contributed by atoms with Crippen LogP contribution in [0.1, 0.15) is 61.4 Å². The second-order valence-electron chi connectivity index (χ2n) is 7.22. The lowest BCUT2D eigenvalue weighted by molar-refractivity contribution is -0.159. The summed E-state index contributed by atoms with van der Waals surface area (Å²) < 4.78 is 9.82. The van der Waals surface area contributed by atoms with Gasteiger partial charge in [0.15, 0.2) is 12.4 Å². The van der Waals surface area contributed by atoms with Gasteiger partial charge in [0.25, 0.3) is 0 Å². The number of carbonyl (C=O) groups excluding carboxylic acids is 3. The molecule has 3 rings (SSSR count). The van der Waals surface area contributed by atoms with Crippen molar-refractivity contribution in [3.63, 3.8) is 0 Å². The van der Waals surface area contributed by atoms with Crippen molar-refractivity contribution in [3.8, 4) is 0 Å². The van der Waals surface area contributed by atoms with E-state index in [4.69, 9.17) is 9.47 Å². The third-order valence-electron chi connectivity index (χ3n) is 5.46. The summed E-state index contributed by atoms with van der Waals surface area (Å²) in [6.45, 7) is 3.33. The fourth-order valence-electron chi connectivity index (χ4n) is 3.87. The Morgan fingerprint density at radius 2 is 2.00 bits per heavy atom. The highest BCUT2D eigenvalue weighted by molar-refractivity contribution is 7.99. The molecule has 2 aliphatic rings. The quantitative estimate of drug-likeness (QED) is 0.708. The minimum atomic E-state index is -0.552. The highest BCUT2D eigenvalue weighted by atomic mass is 32.2. The number of Topliss-reactive ketones (excluding diaryl/α,β-unsaturated/α-hetero) is 1. The van der Waals surface area contributed by atoms with Gasteiger partial charge in [-0.25, -0.2) is 4.79 Å². The molecule has 0 bridgehead atoms. The van der Waals surface area contributed by atoms with Crippen molar-refractivity contribution in [1.29, 1.82) is 0 Å². The molecule has 1 heterocycles. The number of fused-ring (bicyclic) bond motifs is 2. The topological polar surface area (TPSA) is 69.7 Å². The van der Waals surface area contributed by atoms with Crippen LogP contribution in [0.25, 0.3) is 0 Å². The van der Waals surface area contributed by atoms with Gasteiger partial charge in [0.1, 0.15) is 0 Å². The maximum absolute atomic E-state index is 13.0. The first-order valence-corrected chi connectivity index (χ1v) is 10.6. The summed E-state index contributed by atoms with van der Waals surface area (Å²) in [7, 11) is 0. The summed E-state index contributed by atoms with van der Waals surface area (Å²) in [5, 5.41) is 0. The number of thioether (sulfide) groups is 1. The van der Waals surface area contributed by atoms with Gasteiger partial charge in [0.2, 0.25) is 0 Å². The van der Waals surface area contributed by atoms with Gasteiger partial charge in [0.05, 0.1) is 12.5 Å². The smallest absolute Gasteiger partial charge is 0.344 e. The molecule has 1 saturated carbocycles. The van der Waals surface area contributed by atoms with E-state index in [-0.39, 0.29) is 24.9 Å². The molecule has 1 aromatic carbocycles. The molecule has 6 heteroatoms. The zero-order valence-electron chi connectivity index (χ0n) is 15.9. The molecule has 3 atom stereocenters. The van der Waals surface area contributed by atoms with E-state index in [0.29, 0.717) is 5.92 Å². The SMILES string of the molecule is CCOC(=O)COC(=O)C(C)c1ccc2c(c1)SC[C@H]1CCCC[C@@H]1C2=O. The van der Waals surface area contributed by atoms with Crippen molar-refractivity contribution in [2.75, 3.05) is 19.0 Å². The number of esters is 2. The molecule has 5 nitrogen and oxygen atoms in total. The summed E-state index contributed by atoms with van der Waals surface area (Å²) in [5.41, 5.74) is 1.58. The number of ether oxygens (including phenoxy) is 2. The van der Waals surface area contributed by atoms with E-state index in [1.54, 1.807) is 25.6 Å². The fourth-order valence-corrected chi connectivity index (χ4v) is 5.21. The Morgan fingerprint density at radius 1 is 1.22 bits per heavy atom. The molecule has 146 valence electrons. The highest BCUT2D eigenvalue weighted by Gasteiger charge is 2.35. The molecule has 1 aliphatic heterocycles. The third kappa shape index (κ3) is 4.54. The summed E-state index contributed by atoms with van der Waals surface area (Å²) in [6, 6.07) is 5.62.